The van der Waals surface area contributed by atoms with Crippen molar-refractivity contribution in [3.63, 3.8) is 0 Å². The number of rotatable bonds is 7. The summed E-state index contributed by atoms with van der Waals surface area (Å²) in [6.07, 6.45) is 1.41. The van der Waals surface area contributed by atoms with Crippen LogP contribution in [0.2, 0.25) is 0 Å². The van der Waals surface area contributed by atoms with Gasteiger partial charge < -0.3 is 14.4 Å². The Kier molecular flexibility index (Phi) is 7.67. The van der Waals surface area contributed by atoms with Crippen molar-refractivity contribution in [1.82, 2.24) is 4.90 Å². The molecule has 0 aliphatic rings. The zero-order valence-electron chi connectivity index (χ0n) is 15.3. The molecule has 1 rings (SSSR count). The number of benzene rings is 1. The van der Waals surface area contributed by atoms with E-state index in [1.807, 2.05) is 33.8 Å². The van der Waals surface area contributed by atoms with Gasteiger partial charge in [0.15, 0.2) is 6.61 Å². The molecule has 0 bridgehead atoms. The second kappa shape index (κ2) is 9.48. The summed E-state index contributed by atoms with van der Waals surface area (Å²) in [7, 11) is 1.55. The molecule has 0 unspecified atom stereocenters. The third kappa shape index (κ3) is 5.96. The van der Waals surface area contributed by atoms with Crippen LogP contribution in [0.5, 0.6) is 5.75 Å². The first-order chi connectivity index (χ1) is 11.8. The molecule has 1 aromatic carbocycles. The molecule has 0 heterocycles. The number of esters is 1. The molecule has 25 heavy (non-hydrogen) atoms. The van der Waals surface area contributed by atoms with Gasteiger partial charge in [0, 0.05) is 12.1 Å². The summed E-state index contributed by atoms with van der Waals surface area (Å²) in [4.78, 5) is 25.9. The number of nitriles is 1. The number of methoxy groups -OCH3 is 1. The molecule has 0 radical (unpaired) electrons. The Labute approximate surface area is 148 Å². The van der Waals surface area contributed by atoms with Crippen molar-refractivity contribution in [3.8, 4) is 11.8 Å². The molecule has 0 aromatic heterocycles. The molecule has 0 saturated carbocycles. The lowest BCUT2D eigenvalue weighted by molar-refractivity contribution is -0.150. The van der Waals surface area contributed by atoms with Gasteiger partial charge in [-0.3, -0.25) is 4.79 Å². The highest BCUT2D eigenvalue weighted by Crippen LogP contribution is 2.14. The highest BCUT2D eigenvalue weighted by atomic mass is 16.5. The number of amides is 1. The Bertz CT molecular complexity index is 662. The van der Waals surface area contributed by atoms with Crippen LogP contribution in [0.1, 0.15) is 33.3 Å². The highest BCUT2D eigenvalue weighted by Gasteiger charge is 2.22. The largest absolute Gasteiger partial charge is 0.497 e. The van der Waals surface area contributed by atoms with Gasteiger partial charge in [-0.1, -0.05) is 12.1 Å². The first-order valence-electron chi connectivity index (χ1n) is 8.04. The molecule has 1 amide bonds. The third-order valence-electron chi connectivity index (χ3n) is 3.49. The van der Waals surface area contributed by atoms with Crippen LogP contribution in [-0.2, 0) is 14.3 Å². The van der Waals surface area contributed by atoms with E-state index >= 15 is 0 Å². The van der Waals surface area contributed by atoms with Crippen molar-refractivity contribution in [2.24, 2.45) is 0 Å². The molecule has 134 valence electrons. The zero-order valence-corrected chi connectivity index (χ0v) is 15.3. The maximum Gasteiger partial charge on any atom is 0.349 e. The number of carbonyl (C=O) groups excluding carboxylic acids is 2. The molecule has 0 saturated heterocycles. The standard InChI is InChI=1S/C19H24N2O4/c1-13(2)21(14(3)4)18(22)12-25-19(23)16(11-20)10-15-6-8-17(24-5)9-7-15/h6-10,13-14H,12H2,1-5H3/b16-10+. The quantitative estimate of drug-likeness (QED) is 0.432. The van der Waals surface area contributed by atoms with E-state index in [0.717, 1.165) is 0 Å². The maximum atomic E-state index is 12.2. The van der Waals surface area contributed by atoms with E-state index in [2.05, 4.69) is 0 Å². The van der Waals surface area contributed by atoms with Crippen molar-refractivity contribution in [1.29, 1.82) is 5.26 Å². The Morgan fingerprint density at radius 1 is 1.16 bits per heavy atom. The summed E-state index contributed by atoms with van der Waals surface area (Å²) >= 11 is 0. The first kappa shape index (κ1) is 20.2. The average molecular weight is 344 g/mol. The molecule has 0 spiro atoms. The molecule has 1 aromatic rings. The summed E-state index contributed by atoms with van der Waals surface area (Å²) in [5.41, 5.74) is 0.491. The average Bonchev–Trinajstić information content (AvgIpc) is 2.57. The number of nitrogens with zero attached hydrogens (tertiary/aromatic N) is 2. The number of hydrogen-bond acceptors (Lipinski definition) is 5. The van der Waals surface area contributed by atoms with E-state index in [4.69, 9.17) is 9.47 Å². The van der Waals surface area contributed by atoms with Crippen LogP contribution in [0.15, 0.2) is 29.8 Å². The van der Waals surface area contributed by atoms with Gasteiger partial charge in [0.1, 0.15) is 17.4 Å². The van der Waals surface area contributed by atoms with Crippen LogP contribution in [-0.4, -0.2) is 42.6 Å². The molecule has 0 aliphatic carbocycles. The number of carbonyl (C=O) groups is 2. The SMILES string of the molecule is COc1ccc(/C=C(\C#N)C(=O)OCC(=O)N(C(C)C)C(C)C)cc1. The van der Waals surface area contributed by atoms with E-state index in [9.17, 15) is 14.9 Å². The van der Waals surface area contributed by atoms with Crippen molar-refractivity contribution in [2.45, 2.75) is 39.8 Å². The summed E-state index contributed by atoms with van der Waals surface area (Å²) in [5.74, 6) is -0.439. The van der Waals surface area contributed by atoms with Gasteiger partial charge >= 0.3 is 5.97 Å². The number of hydrogen-bond donors (Lipinski definition) is 0. The molecule has 6 nitrogen and oxygen atoms in total. The van der Waals surface area contributed by atoms with E-state index in [1.165, 1.54) is 6.08 Å². The van der Waals surface area contributed by atoms with Crippen LogP contribution in [0.4, 0.5) is 0 Å². The monoisotopic (exact) mass is 344 g/mol. The second-order valence-corrected chi connectivity index (χ2v) is 6.01. The third-order valence-corrected chi connectivity index (χ3v) is 3.49. The van der Waals surface area contributed by atoms with Crippen LogP contribution >= 0.6 is 0 Å². The van der Waals surface area contributed by atoms with Gasteiger partial charge in [-0.15, -0.1) is 0 Å². The fourth-order valence-corrected chi connectivity index (χ4v) is 2.46. The Morgan fingerprint density at radius 3 is 2.16 bits per heavy atom. The number of ether oxygens (including phenoxy) is 2. The van der Waals surface area contributed by atoms with E-state index in [1.54, 1.807) is 36.3 Å². The summed E-state index contributed by atoms with van der Waals surface area (Å²) < 4.78 is 10.1. The van der Waals surface area contributed by atoms with Crippen molar-refractivity contribution >= 4 is 18.0 Å². The van der Waals surface area contributed by atoms with Crippen LogP contribution in [0, 0.1) is 11.3 Å². The van der Waals surface area contributed by atoms with E-state index in [0.29, 0.717) is 11.3 Å². The molecule has 0 fully saturated rings. The fourth-order valence-electron chi connectivity index (χ4n) is 2.46. The molecular weight excluding hydrogens is 320 g/mol. The van der Waals surface area contributed by atoms with Crippen molar-refractivity contribution < 1.29 is 19.1 Å². The highest BCUT2D eigenvalue weighted by molar-refractivity contribution is 5.98. The Hall–Kier alpha value is -2.81. The van der Waals surface area contributed by atoms with Crippen LogP contribution in [0.25, 0.3) is 6.08 Å². The predicted molar refractivity (Wildman–Crippen MR) is 94.7 cm³/mol. The lowest BCUT2D eigenvalue weighted by Gasteiger charge is -2.30. The normalized spacial score (nSPS) is 11.2. The summed E-state index contributed by atoms with van der Waals surface area (Å²) in [6.45, 7) is 7.18. The van der Waals surface area contributed by atoms with Gasteiger partial charge in [0.2, 0.25) is 0 Å². The van der Waals surface area contributed by atoms with Crippen LogP contribution < -0.4 is 4.74 Å². The maximum absolute atomic E-state index is 12.2. The molecule has 0 N–H and O–H groups in total. The second-order valence-electron chi connectivity index (χ2n) is 6.01. The topological polar surface area (TPSA) is 79.6 Å². The summed E-state index contributed by atoms with van der Waals surface area (Å²) in [5, 5.41) is 9.17. The Morgan fingerprint density at radius 2 is 1.72 bits per heavy atom. The lowest BCUT2D eigenvalue weighted by Crippen LogP contribution is -2.44. The predicted octanol–water partition coefficient (Wildman–Crippen LogP) is 2.79. The van der Waals surface area contributed by atoms with Gasteiger partial charge in [-0.2, -0.15) is 5.26 Å². The zero-order chi connectivity index (χ0) is 19.0. The molecule has 0 atom stereocenters. The van der Waals surface area contributed by atoms with E-state index in [-0.39, 0.29) is 23.6 Å². The smallest absolute Gasteiger partial charge is 0.349 e. The van der Waals surface area contributed by atoms with Gasteiger partial charge in [0.25, 0.3) is 5.91 Å². The van der Waals surface area contributed by atoms with Crippen molar-refractivity contribution in [3.05, 3.63) is 35.4 Å². The molecule has 0 aliphatic heterocycles. The first-order valence-corrected chi connectivity index (χ1v) is 8.04. The minimum Gasteiger partial charge on any atom is -0.497 e. The molecular formula is C19H24N2O4. The van der Waals surface area contributed by atoms with Crippen molar-refractivity contribution in [2.75, 3.05) is 13.7 Å². The fraction of sp³-hybridized carbons (Fsp3) is 0.421. The van der Waals surface area contributed by atoms with Gasteiger partial charge in [0.05, 0.1) is 7.11 Å². The minimum atomic E-state index is -0.820. The lowest BCUT2D eigenvalue weighted by atomic mass is 10.1. The minimum absolute atomic E-state index is 0.00326. The summed E-state index contributed by atoms with van der Waals surface area (Å²) in [6, 6.07) is 8.68. The van der Waals surface area contributed by atoms with E-state index < -0.39 is 12.6 Å². The molecule has 6 heteroatoms. The van der Waals surface area contributed by atoms with Gasteiger partial charge in [-0.05, 0) is 51.5 Å². The van der Waals surface area contributed by atoms with Crippen LogP contribution in [0.3, 0.4) is 0 Å². The Balaban J connectivity index is 2.77. The van der Waals surface area contributed by atoms with Gasteiger partial charge in [-0.25, -0.2) is 4.79 Å².